The number of amides is 1. The van der Waals surface area contributed by atoms with Crippen molar-refractivity contribution in [3.63, 3.8) is 0 Å². The Hall–Kier alpha value is -2.93. The summed E-state index contributed by atoms with van der Waals surface area (Å²) >= 11 is 1.34. The molecule has 0 unspecified atom stereocenters. The van der Waals surface area contributed by atoms with Crippen LogP contribution in [0.15, 0.2) is 58.2 Å². The third kappa shape index (κ3) is 4.14. The minimum absolute atomic E-state index is 0.0708. The molecule has 0 saturated heterocycles. The highest BCUT2D eigenvalue weighted by atomic mass is 32.2. The number of nitrogens with one attached hydrogen (secondary N) is 1. The lowest BCUT2D eigenvalue weighted by atomic mass is 10.2. The lowest BCUT2D eigenvalue weighted by Gasteiger charge is -2.13. The molecular formula is C21H22N2O4S. The van der Waals surface area contributed by atoms with E-state index in [1.165, 1.54) is 11.8 Å². The normalized spacial score (nSPS) is 10.7. The highest BCUT2D eigenvalue weighted by Crippen LogP contribution is 2.30. The summed E-state index contributed by atoms with van der Waals surface area (Å²) in [5.74, 6) is 1.15. The van der Waals surface area contributed by atoms with E-state index in [1.54, 1.807) is 43.1 Å². The Morgan fingerprint density at radius 2 is 1.89 bits per heavy atom. The second kappa shape index (κ2) is 8.84. The number of hydrogen-bond acceptors (Lipinski definition) is 5. The highest BCUT2D eigenvalue weighted by Gasteiger charge is 2.12. The summed E-state index contributed by atoms with van der Waals surface area (Å²) in [6.07, 6.45) is 0. The van der Waals surface area contributed by atoms with E-state index in [4.69, 9.17) is 9.47 Å². The summed E-state index contributed by atoms with van der Waals surface area (Å²) in [4.78, 5) is 25.7. The van der Waals surface area contributed by atoms with Crippen molar-refractivity contribution in [3.05, 3.63) is 58.9 Å². The van der Waals surface area contributed by atoms with Crippen LogP contribution >= 0.6 is 11.8 Å². The molecule has 0 bridgehead atoms. The van der Waals surface area contributed by atoms with Gasteiger partial charge < -0.3 is 19.4 Å². The number of anilines is 1. The van der Waals surface area contributed by atoms with Crippen LogP contribution in [0.2, 0.25) is 0 Å². The van der Waals surface area contributed by atoms with E-state index in [0.29, 0.717) is 23.7 Å². The predicted octanol–water partition coefficient (Wildman–Crippen LogP) is 3.77. The van der Waals surface area contributed by atoms with Gasteiger partial charge in [-0.05, 0) is 25.1 Å². The molecule has 0 radical (unpaired) electrons. The summed E-state index contributed by atoms with van der Waals surface area (Å²) in [6.45, 7) is 2.54. The first-order valence-corrected chi connectivity index (χ1v) is 9.83. The fourth-order valence-electron chi connectivity index (χ4n) is 2.99. The van der Waals surface area contributed by atoms with Crippen LogP contribution in [0.5, 0.6) is 11.5 Å². The molecule has 1 amide bonds. The number of aromatic nitrogens is 1. The first-order chi connectivity index (χ1) is 13.6. The van der Waals surface area contributed by atoms with Crippen molar-refractivity contribution in [3.8, 4) is 11.5 Å². The Bertz CT molecular complexity index is 1060. The van der Waals surface area contributed by atoms with Crippen LogP contribution < -0.4 is 20.3 Å². The van der Waals surface area contributed by atoms with Gasteiger partial charge in [-0.2, -0.15) is 0 Å². The molecule has 28 heavy (non-hydrogen) atoms. The van der Waals surface area contributed by atoms with Gasteiger partial charge in [0, 0.05) is 29.0 Å². The zero-order valence-electron chi connectivity index (χ0n) is 16.0. The van der Waals surface area contributed by atoms with Crippen molar-refractivity contribution in [2.45, 2.75) is 18.4 Å². The quantitative estimate of drug-likeness (QED) is 0.614. The second-order valence-electron chi connectivity index (χ2n) is 6.01. The van der Waals surface area contributed by atoms with Crippen LogP contribution in [0.1, 0.15) is 6.92 Å². The van der Waals surface area contributed by atoms with Crippen molar-refractivity contribution >= 4 is 34.3 Å². The van der Waals surface area contributed by atoms with Gasteiger partial charge in [0.15, 0.2) is 0 Å². The van der Waals surface area contributed by atoms with E-state index >= 15 is 0 Å². The molecule has 0 spiro atoms. The molecule has 0 fully saturated rings. The molecule has 1 aromatic heterocycles. The van der Waals surface area contributed by atoms with Crippen LogP contribution in [0.3, 0.4) is 0 Å². The summed E-state index contributed by atoms with van der Waals surface area (Å²) in [7, 11) is 3.11. The number of hydrogen-bond donors (Lipinski definition) is 1. The molecule has 0 aliphatic heterocycles. The van der Waals surface area contributed by atoms with Crippen molar-refractivity contribution in [2.75, 3.05) is 25.3 Å². The molecule has 3 rings (SSSR count). The molecule has 146 valence electrons. The molecule has 0 atom stereocenters. The van der Waals surface area contributed by atoms with Crippen LogP contribution in [0.25, 0.3) is 10.9 Å². The van der Waals surface area contributed by atoms with E-state index in [9.17, 15) is 9.59 Å². The number of carbonyl (C=O) groups is 1. The van der Waals surface area contributed by atoms with Crippen molar-refractivity contribution < 1.29 is 14.3 Å². The van der Waals surface area contributed by atoms with Crippen molar-refractivity contribution in [2.24, 2.45) is 0 Å². The number of rotatable bonds is 7. The van der Waals surface area contributed by atoms with Gasteiger partial charge in [-0.25, -0.2) is 0 Å². The Balaban J connectivity index is 1.80. The molecule has 0 aliphatic rings. The van der Waals surface area contributed by atoms with Gasteiger partial charge in [0.25, 0.3) is 5.56 Å². The minimum Gasteiger partial charge on any atom is -0.497 e. The smallest absolute Gasteiger partial charge is 0.252 e. The molecule has 2 aromatic carbocycles. The van der Waals surface area contributed by atoms with Gasteiger partial charge in [0.1, 0.15) is 11.5 Å². The third-order valence-corrected chi connectivity index (χ3v) is 5.39. The molecule has 0 aliphatic carbocycles. The molecule has 0 saturated carbocycles. The van der Waals surface area contributed by atoms with Gasteiger partial charge in [0.05, 0.1) is 31.2 Å². The van der Waals surface area contributed by atoms with E-state index in [1.807, 2.05) is 31.2 Å². The topological polar surface area (TPSA) is 69.6 Å². The van der Waals surface area contributed by atoms with Crippen molar-refractivity contribution in [1.82, 2.24) is 4.57 Å². The molecule has 6 nitrogen and oxygen atoms in total. The zero-order valence-corrected chi connectivity index (χ0v) is 16.8. The van der Waals surface area contributed by atoms with E-state index in [0.717, 1.165) is 15.8 Å². The Kier molecular flexibility index (Phi) is 6.26. The number of nitrogens with zero attached hydrogens (tertiary/aromatic N) is 1. The Morgan fingerprint density at radius 3 is 2.61 bits per heavy atom. The Morgan fingerprint density at radius 1 is 1.11 bits per heavy atom. The van der Waals surface area contributed by atoms with E-state index in [2.05, 4.69) is 5.32 Å². The van der Waals surface area contributed by atoms with Gasteiger partial charge in [-0.3, -0.25) is 9.59 Å². The fourth-order valence-corrected chi connectivity index (χ4v) is 3.86. The van der Waals surface area contributed by atoms with Gasteiger partial charge in [-0.15, -0.1) is 11.8 Å². The summed E-state index contributed by atoms with van der Waals surface area (Å²) < 4.78 is 12.2. The van der Waals surface area contributed by atoms with E-state index < -0.39 is 0 Å². The third-order valence-electron chi connectivity index (χ3n) is 4.34. The largest absolute Gasteiger partial charge is 0.497 e. The predicted molar refractivity (Wildman–Crippen MR) is 113 cm³/mol. The van der Waals surface area contributed by atoms with Crippen molar-refractivity contribution in [1.29, 1.82) is 0 Å². The maximum Gasteiger partial charge on any atom is 0.252 e. The monoisotopic (exact) mass is 398 g/mol. The average Bonchev–Trinajstić information content (AvgIpc) is 2.72. The number of ether oxygens (including phenoxy) is 2. The van der Waals surface area contributed by atoms with Crippen LogP contribution in [-0.2, 0) is 11.3 Å². The SMILES string of the molecule is CCn1c(=O)cc(SCC(=O)Nc2cc(OC)ccc2OC)c2ccccc21. The molecule has 7 heteroatoms. The molecule has 1 heterocycles. The first-order valence-electron chi connectivity index (χ1n) is 8.84. The number of para-hydroxylation sites is 1. The van der Waals surface area contributed by atoms with Crippen LogP contribution in [-0.4, -0.2) is 30.4 Å². The number of carbonyl (C=O) groups excluding carboxylic acids is 1. The number of thioether (sulfide) groups is 1. The Labute approximate surface area is 167 Å². The van der Waals surface area contributed by atoms with Crippen LogP contribution in [0, 0.1) is 0 Å². The summed E-state index contributed by atoms with van der Waals surface area (Å²) in [5.41, 5.74) is 1.34. The lowest BCUT2D eigenvalue weighted by Crippen LogP contribution is -2.19. The summed E-state index contributed by atoms with van der Waals surface area (Å²) in [6, 6.07) is 14.5. The maximum absolute atomic E-state index is 12.5. The number of pyridine rings is 1. The molecule has 1 N–H and O–H groups in total. The van der Waals surface area contributed by atoms with Gasteiger partial charge in [-0.1, -0.05) is 18.2 Å². The molecular weight excluding hydrogens is 376 g/mol. The number of methoxy groups -OCH3 is 2. The fraction of sp³-hybridized carbons (Fsp3) is 0.238. The van der Waals surface area contributed by atoms with Gasteiger partial charge in [0.2, 0.25) is 5.91 Å². The highest BCUT2D eigenvalue weighted by molar-refractivity contribution is 8.00. The standard InChI is InChI=1S/C21H22N2O4S/c1-4-23-17-8-6-5-7-15(17)19(12-21(23)25)28-13-20(24)22-16-11-14(26-2)9-10-18(16)27-3/h5-12H,4,13H2,1-3H3,(H,22,24). The minimum atomic E-state index is -0.194. The summed E-state index contributed by atoms with van der Waals surface area (Å²) in [5, 5.41) is 3.80. The maximum atomic E-state index is 12.5. The number of benzene rings is 2. The van der Waals surface area contributed by atoms with Crippen LogP contribution in [0.4, 0.5) is 5.69 Å². The zero-order chi connectivity index (χ0) is 20.1. The second-order valence-corrected chi connectivity index (χ2v) is 7.03. The van der Waals surface area contributed by atoms with E-state index in [-0.39, 0.29) is 17.2 Å². The number of fused-ring (bicyclic) bond motifs is 1. The number of aryl methyl sites for hydroxylation is 1. The first kappa shape index (κ1) is 19.8. The molecule has 3 aromatic rings. The van der Waals surface area contributed by atoms with Gasteiger partial charge >= 0.3 is 0 Å². The lowest BCUT2D eigenvalue weighted by molar-refractivity contribution is -0.113. The average molecular weight is 398 g/mol.